The molecule has 2 heterocycles. The van der Waals surface area contributed by atoms with Crippen LogP contribution < -0.4 is 10.1 Å². The maximum Gasteiger partial charge on any atom is 0.295 e. The first-order valence-electron chi connectivity index (χ1n) is 9.57. The molecule has 0 fully saturated rings. The van der Waals surface area contributed by atoms with Crippen LogP contribution in [0.15, 0.2) is 67.0 Å². The Morgan fingerprint density at radius 3 is 2.61 bits per heavy atom. The lowest BCUT2D eigenvalue weighted by molar-refractivity contribution is 0.0943. The van der Waals surface area contributed by atoms with Gasteiger partial charge in [-0.3, -0.25) is 9.78 Å². The third-order valence-electron chi connectivity index (χ3n) is 5.09. The van der Waals surface area contributed by atoms with Gasteiger partial charge < -0.3 is 14.6 Å². The molecule has 0 aliphatic rings. The van der Waals surface area contributed by atoms with Crippen LogP contribution in [-0.2, 0) is 7.05 Å². The zero-order chi connectivity index (χ0) is 22.0. The Morgan fingerprint density at radius 2 is 1.90 bits per heavy atom. The quantitative estimate of drug-likeness (QED) is 0.499. The summed E-state index contributed by atoms with van der Waals surface area (Å²) in [6, 6.07) is 15.3. The molecule has 0 bridgehead atoms. The number of amides is 1. The van der Waals surface area contributed by atoms with Crippen molar-refractivity contribution in [1.82, 2.24) is 19.9 Å². The average molecular weight is 422 g/mol. The van der Waals surface area contributed by atoms with E-state index in [0.717, 1.165) is 11.1 Å². The summed E-state index contributed by atoms with van der Waals surface area (Å²) in [6.07, 6.45) is 0.642. The van der Waals surface area contributed by atoms with Crippen LogP contribution in [0, 0.1) is 0 Å². The number of ether oxygens (including phenoxy) is 1. The minimum absolute atomic E-state index is 0.322. The van der Waals surface area contributed by atoms with E-state index in [1.165, 1.54) is 17.7 Å². The van der Waals surface area contributed by atoms with Crippen molar-refractivity contribution < 1.29 is 18.3 Å². The molecule has 2 aromatic heterocycles. The smallest absolute Gasteiger partial charge is 0.295 e. The average Bonchev–Trinajstić information content (AvgIpc) is 3.14. The number of carbonyl (C=O) groups excluding carboxylic acids is 1. The van der Waals surface area contributed by atoms with Crippen LogP contribution in [0.3, 0.4) is 0 Å². The molecule has 0 aliphatic carbocycles. The molecule has 1 amide bonds. The second kappa shape index (κ2) is 8.51. The number of nitrogens with zero attached hydrogens (tertiary/aromatic N) is 3. The number of methoxy groups -OCH3 is 1. The van der Waals surface area contributed by atoms with Crippen molar-refractivity contribution in [2.24, 2.45) is 7.05 Å². The van der Waals surface area contributed by atoms with Crippen LogP contribution in [0.1, 0.15) is 39.8 Å². The molecule has 4 aromatic rings. The molecular weight excluding hydrogens is 402 g/mol. The summed E-state index contributed by atoms with van der Waals surface area (Å²) in [7, 11) is 3.10. The highest BCUT2D eigenvalue weighted by Crippen LogP contribution is 2.27. The van der Waals surface area contributed by atoms with Gasteiger partial charge in [-0.25, -0.2) is 13.8 Å². The number of aromatic nitrogens is 3. The Hall–Kier alpha value is -3.81. The molecule has 8 heteroatoms. The Labute approximate surface area is 177 Å². The number of pyridine rings is 1. The SMILES string of the molecule is COc1cccc([C@@H](NC(=O)c2ccc3c(c2)nc(C(F)F)n3C)c2cccnc2)c1. The molecule has 1 atom stereocenters. The maximum absolute atomic E-state index is 13.2. The topological polar surface area (TPSA) is 69.0 Å². The van der Waals surface area contributed by atoms with Gasteiger partial charge in [-0.2, -0.15) is 0 Å². The van der Waals surface area contributed by atoms with Crippen molar-refractivity contribution in [2.45, 2.75) is 12.5 Å². The van der Waals surface area contributed by atoms with Gasteiger partial charge in [0.15, 0.2) is 5.82 Å². The first-order chi connectivity index (χ1) is 15.0. The van der Waals surface area contributed by atoms with Crippen LogP contribution >= 0.6 is 0 Å². The minimum atomic E-state index is -2.70. The number of halogens is 2. The molecule has 4 rings (SSSR count). The molecule has 6 nitrogen and oxygen atoms in total. The monoisotopic (exact) mass is 422 g/mol. The summed E-state index contributed by atoms with van der Waals surface area (Å²) in [5.74, 6) is -0.0323. The number of aryl methyl sites for hydroxylation is 1. The second-order valence-corrected chi connectivity index (χ2v) is 7.00. The molecule has 0 unspecified atom stereocenters. The van der Waals surface area contributed by atoms with E-state index in [1.807, 2.05) is 30.3 Å². The fourth-order valence-electron chi connectivity index (χ4n) is 3.50. The summed E-state index contributed by atoms with van der Waals surface area (Å²) in [4.78, 5) is 21.2. The third kappa shape index (κ3) is 4.09. The first-order valence-corrected chi connectivity index (χ1v) is 9.57. The van der Waals surface area contributed by atoms with Crippen LogP contribution in [0.25, 0.3) is 11.0 Å². The molecule has 0 saturated heterocycles. The predicted octanol–water partition coefficient (Wildman–Crippen LogP) is 4.43. The summed E-state index contributed by atoms with van der Waals surface area (Å²) in [6.45, 7) is 0. The highest BCUT2D eigenvalue weighted by molar-refractivity contribution is 5.97. The molecule has 0 radical (unpaired) electrons. The highest BCUT2D eigenvalue weighted by atomic mass is 19.3. The van der Waals surface area contributed by atoms with Gasteiger partial charge in [0.1, 0.15) is 5.75 Å². The fourth-order valence-corrected chi connectivity index (χ4v) is 3.50. The fraction of sp³-hybridized carbons (Fsp3) is 0.174. The number of imidazole rings is 1. The number of hydrogen-bond acceptors (Lipinski definition) is 4. The molecule has 0 saturated carbocycles. The summed E-state index contributed by atoms with van der Waals surface area (Å²) in [5.41, 5.74) is 2.80. The van der Waals surface area contributed by atoms with Gasteiger partial charge in [0.2, 0.25) is 0 Å². The molecule has 158 valence electrons. The van der Waals surface area contributed by atoms with Crippen LogP contribution in [0.5, 0.6) is 5.75 Å². The van der Waals surface area contributed by atoms with E-state index in [9.17, 15) is 13.6 Å². The third-order valence-corrected chi connectivity index (χ3v) is 5.09. The Morgan fingerprint density at radius 1 is 1.10 bits per heavy atom. The Kier molecular flexibility index (Phi) is 5.62. The zero-order valence-electron chi connectivity index (χ0n) is 16.9. The van der Waals surface area contributed by atoms with Gasteiger partial charge in [-0.05, 0) is 47.5 Å². The number of benzene rings is 2. The molecule has 31 heavy (non-hydrogen) atoms. The summed E-state index contributed by atoms with van der Waals surface area (Å²) < 4.78 is 33.0. The summed E-state index contributed by atoms with van der Waals surface area (Å²) >= 11 is 0. The number of carbonyl (C=O) groups is 1. The molecule has 0 aliphatic heterocycles. The van der Waals surface area contributed by atoms with Crippen LogP contribution in [0.4, 0.5) is 8.78 Å². The van der Waals surface area contributed by atoms with Crippen molar-refractivity contribution in [3.05, 3.63) is 89.5 Å². The van der Waals surface area contributed by atoms with Crippen molar-refractivity contribution in [3.63, 3.8) is 0 Å². The van der Waals surface area contributed by atoms with Gasteiger partial charge in [-0.15, -0.1) is 0 Å². The first kappa shape index (κ1) is 20.5. The summed E-state index contributed by atoms with van der Waals surface area (Å²) in [5, 5.41) is 3.01. The Bertz CT molecular complexity index is 1220. The second-order valence-electron chi connectivity index (χ2n) is 7.00. The lowest BCUT2D eigenvalue weighted by atomic mass is 9.99. The van der Waals surface area contributed by atoms with Crippen molar-refractivity contribution in [2.75, 3.05) is 7.11 Å². The van der Waals surface area contributed by atoms with Crippen molar-refractivity contribution in [1.29, 1.82) is 0 Å². The number of rotatable bonds is 6. The lowest BCUT2D eigenvalue weighted by Crippen LogP contribution is -2.29. The van der Waals surface area contributed by atoms with E-state index in [4.69, 9.17) is 4.74 Å². The van der Waals surface area contributed by atoms with E-state index >= 15 is 0 Å². The standard InChI is InChI=1S/C23H20F2N4O2/c1-29-19-9-8-15(12-18(19)27-22(29)21(24)25)23(30)28-20(16-6-4-10-26-13-16)14-5-3-7-17(11-14)31-2/h3-13,20-21H,1-2H3,(H,28,30)/t20-/m1/s1. The van der Waals surface area contributed by atoms with Gasteiger partial charge in [-0.1, -0.05) is 18.2 Å². The maximum atomic E-state index is 13.2. The number of hydrogen-bond donors (Lipinski definition) is 1. The van der Waals surface area contributed by atoms with E-state index in [2.05, 4.69) is 15.3 Å². The molecule has 1 N–H and O–H groups in total. The normalized spacial score (nSPS) is 12.2. The van der Waals surface area contributed by atoms with Gasteiger partial charge in [0, 0.05) is 25.0 Å². The van der Waals surface area contributed by atoms with Gasteiger partial charge >= 0.3 is 0 Å². The van der Waals surface area contributed by atoms with Gasteiger partial charge in [0.25, 0.3) is 12.3 Å². The van der Waals surface area contributed by atoms with E-state index in [-0.39, 0.29) is 11.7 Å². The van der Waals surface area contributed by atoms with Crippen molar-refractivity contribution in [3.8, 4) is 5.75 Å². The van der Waals surface area contributed by atoms with Crippen LogP contribution in [0.2, 0.25) is 0 Å². The molecular formula is C23H20F2N4O2. The molecule has 2 aromatic carbocycles. The van der Waals surface area contributed by atoms with E-state index in [1.54, 1.807) is 37.7 Å². The highest BCUT2D eigenvalue weighted by Gasteiger charge is 2.21. The van der Waals surface area contributed by atoms with Crippen molar-refractivity contribution >= 4 is 16.9 Å². The van der Waals surface area contributed by atoms with E-state index < -0.39 is 12.5 Å². The largest absolute Gasteiger partial charge is 0.497 e. The zero-order valence-corrected chi connectivity index (χ0v) is 16.9. The Balaban J connectivity index is 1.69. The lowest BCUT2D eigenvalue weighted by Gasteiger charge is -2.20. The number of fused-ring (bicyclic) bond motifs is 1. The number of nitrogens with one attached hydrogen (secondary N) is 1. The minimum Gasteiger partial charge on any atom is -0.497 e. The van der Waals surface area contributed by atoms with Gasteiger partial charge in [0.05, 0.1) is 24.2 Å². The molecule has 0 spiro atoms. The predicted molar refractivity (Wildman–Crippen MR) is 112 cm³/mol. The number of alkyl halides is 2. The van der Waals surface area contributed by atoms with Crippen LogP contribution in [-0.4, -0.2) is 27.6 Å². The van der Waals surface area contributed by atoms with E-state index in [0.29, 0.717) is 22.3 Å².